The average molecular weight is 594 g/mol. The summed E-state index contributed by atoms with van der Waals surface area (Å²) in [6.45, 7) is 2.36. The van der Waals surface area contributed by atoms with Crippen LogP contribution < -0.4 is 5.32 Å². The van der Waals surface area contributed by atoms with E-state index in [1.54, 1.807) is 0 Å². The molecule has 0 bridgehead atoms. The van der Waals surface area contributed by atoms with Crippen molar-refractivity contribution in [3.05, 3.63) is 12.2 Å². The first-order valence-corrected chi connectivity index (χ1v) is 16.2. The molecule has 3 unspecified atom stereocenters. The highest BCUT2D eigenvalue weighted by molar-refractivity contribution is 7.47. The Hall–Kier alpha value is -1.78. The van der Waals surface area contributed by atoms with Gasteiger partial charge in [-0.2, -0.15) is 0 Å². The van der Waals surface area contributed by atoms with Crippen LogP contribution in [0.25, 0.3) is 0 Å². The maximum Gasteiger partial charge on any atom is 0.472 e. The molecule has 0 aromatic heterocycles. The van der Waals surface area contributed by atoms with Gasteiger partial charge in [0.05, 0.1) is 13.2 Å². The topological polar surface area (TPSA) is 169 Å². The molecule has 0 aliphatic carbocycles. The summed E-state index contributed by atoms with van der Waals surface area (Å²) in [6.07, 6.45) is 17.4. The van der Waals surface area contributed by atoms with E-state index >= 15 is 0 Å². The molecule has 0 aliphatic rings. The van der Waals surface area contributed by atoms with Crippen molar-refractivity contribution in [3.8, 4) is 0 Å². The van der Waals surface area contributed by atoms with Crippen LogP contribution in [0.15, 0.2) is 12.2 Å². The number of aliphatic carboxylic acids is 1. The second-order valence-corrected chi connectivity index (χ2v) is 11.4. The normalized spacial score (nSPS) is 14.5. The van der Waals surface area contributed by atoms with Crippen molar-refractivity contribution in [1.29, 1.82) is 0 Å². The minimum atomic E-state index is -4.73. The molecule has 0 radical (unpaired) electrons. The van der Waals surface area contributed by atoms with Crippen molar-refractivity contribution in [2.75, 3.05) is 19.8 Å². The highest BCUT2D eigenvalue weighted by atomic mass is 31.2. The number of aliphatic hydroxyl groups is 1. The van der Waals surface area contributed by atoms with Gasteiger partial charge in [-0.15, -0.1) is 0 Å². The molecule has 0 aliphatic heterocycles. The van der Waals surface area contributed by atoms with Gasteiger partial charge in [0.1, 0.15) is 12.7 Å². The first kappa shape index (κ1) is 38.2. The van der Waals surface area contributed by atoms with Crippen LogP contribution in [-0.4, -0.2) is 64.9 Å². The second kappa shape index (κ2) is 25.0. The molecule has 234 valence electrons. The molecule has 0 aromatic carbocycles. The number of carbonyl (C=O) groups excluding carboxylic acids is 2. The van der Waals surface area contributed by atoms with Crippen molar-refractivity contribution >= 4 is 25.7 Å². The Morgan fingerprint density at radius 2 is 1.35 bits per heavy atom. The standard InChI is InChI=1S/C28H52NO10P/c1-3-5-7-9-11-12-13-14-16-18-20-27(32)37-21-24(30)22-38-40(35,36)39-23-25(28(33)34)29-26(31)19-17-15-10-8-6-4-2/h7,9,24-25,30H,3-6,8,10-23H2,1-2H3,(H,29,31)(H,33,34)(H,35,36)/b9-7-. The molecule has 0 fully saturated rings. The fraction of sp³-hybridized carbons (Fsp3) is 0.821. The number of carbonyl (C=O) groups is 3. The molecule has 0 aromatic rings. The Labute approximate surface area is 239 Å². The lowest BCUT2D eigenvalue weighted by molar-refractivity contribution is -0.147. The van der Waals surface area contributed by atoms with Crippen LogP contribution >= 0.6 is 7.82 Å². The zero-order valence-corrected chi connectivity index (χ0v) is 25.3. The first-order valence-electron chi connectivity index (χ1n) is 14.7. The summed E-state index contributed by atoms with van der Waals surface area (Å²) in [7, 11) is -4.73. The number of allylic oxidation sites excluding steroid dienone is 2. The second-order valence-electron chi connectivity index (χ2n) is 9.94. The van der Waals surface area contributed by atoms with Crippen LogP contribution in [0.5, 0.6) is 0 Å². The van der Waals surface area contributed by atoms with E-state index in [4.69, 9.17) is 4.74 Å². The van der Waals surface area contributed by atoms with Gasteiger partial charge in [0, 0.05) is 12.8 Å². The van der Waals surface area contributed by atoms with Crippen molar-refractivity contribution in [3.63, 3.8) is 0 Å². The minimum Gasteiger partial charge on any atom is -0.480 e. The smallest absolute Gasteiger partial charge is 0.472 e. The van der Waals surface area contributed by atoms with Crippen molar-refractivity contribution in [2.45, 2.75) is 129 Å². The van der Waals surface area contributed by atoms with Crippen molar-refractivity contribution in [1.82, 2.24) is 5.32 Å². The molecule has 0 saturated carbocycles. The molecule has 0 saturated heterocycles. The lowest BCUT2D eigenvalue weighted by atomic mass is 10.1. The number of nitrogens with one attached hydrogen (secondary N) is 1. The van der Waals surface area contributed by atoms with Gasteiger partial charge in [0.15, 0.2) is 6.04 Å². The van der Waals surface area contributed by atoms with Crippen LogP contribution in [0.3, 0.4) is 0 Å². The average Bonchev–Trinajstić information content (AvgIpc) is 2.91. The third kappa shape index (κ3) is 24.1. The summed E-state index contributed by atoms with van der Waals surface area (Å²) in [5.41, 5.74) is 0. The van der Waals surface area contributed by atoms with Gasteiger partial charge in [0.25, 0.3) is 0 Å². The molecule has 12 heteroatoms. The molecule has 0 heterocycles. The number of aliphatic hydroxyl groups excluding tert-OH is 1. The van der Waals surface area contributed by atoms with Crippen molar-refractivity contribution in [2.24, 2.45) is 0 Å². The monoisotopic (exact) mass is 593 g/mol. The van der Waals surface area contributed by atoms with Gasteiger partial charge >= 0.3 is 19.8 Å². The molecule has 40 heavy (non-hydrogen) atoms. The van der Waals surface area contributed by atoms with Crippen LogP contribution in [0.1, 0.15) is 117 Å². The van der Waals surface area contributed by atoms with E-state index in [2.05, 4.69) is 40.4 Å². The Bertz CT molecular complexity index is 761. The fourth-order valence-electron chi connectivity index (χ4n) is 3.67. The van der Waals surface area contributed by atoms with E-state index in [1.165, 1.54) is 0 Å². The minimum absolute atomic E-state index is 0.144. The lowest BCUT2D eigenvalue weighted by Gasteiger charge is -2.18. The lowest BCUT2D eigenvalue weighted by Crippen LogP contribution is -2.43. The number of esters is 1. The van der Waals surface area contributed by atoms with E-state index in [0.29, 0.717) is 12.8 Å². The molecule has 4 N–H and O–H groups in total. The largest absolute Gasteiger partial charge is 0.480 e. The first-order chi connectivity index (χ1) is 19.1. The van der Waals surface area contributed by atoms with Crippen LogP contribution in [0, 0.1) is 0 Å². The van der Waals surface area contributed by atoms with Crippen molar-refractivity contribution < 1.29 is 47.8 Å². The maximum absolute atomic E-state index is 12.1. The highest BCUT2D eigenvalue weighted by Crippen LogP contribution is 2.43. The number of ether oxygens (including phenoxy) is 1. The van der Waals surface area contributed by atoms with Gasteiger partial charge < -0.3 is 25.2 Å². The Morgan fingerprint density at radius 1 is 0.775 bits per heavy atom. The summed E-state index contributed by atoms with van der Waals surface area (Å²) in [5, 5.41) is 21.4. The molecule has 1 amide bonds. The van der Waals surface area contributed by atoms with Crippen LogP contribution in [-0.2, 0) is 32.7 Å². The molecule has 3 atom stereocenters. The zero-order chi connectivity index (χ0) is 30.1. The zero-order valence-electron chi connectivity index (χ0n) is 24.4. The third-order valence-electron chi connectivity index (χ3n) is 6.04. The summed E-state index contributed by atoms with van der Waals surface area (Å²) in [5.74, 6) is -2.40. The van der Waals surface area contributed by atoms with Crippen LogP contribution in [0.4, 0.5) is 0 Å². The maximum atomic E-state index is 12.1. The van der Waals surface area contributed by atoms with Gasteiger partial charge in [-0.1, -0.05) is 83.8 Å². The number of phosphoric acid groups is 1. The summed E-state index contributed by atoms with van der Waals surface area (Å²) in [6, 6.07) is -1.54. The number of carboxylic acid groups (broad SMARTS) is 1. The molecule has 0 spiro atoms. The Balaban J connectivity index is 4.07. The number of hydrogen-bond donors (Lipinski definition) is 4. The molecule has 0 rings (SSSR count). The molecular formula is C28H52NO10P. The summed E-state index contributed by atoms with van der Waals surface area (Å²) in [4.78, 5) is 45.0. The van der Waals surface area contributed by atoms with Crippen LogP contribution in [0.2, 0.25) is 0 Å². The number of unbranched alkanes of at least 4 members (excludes halogenated alkanes) is 11. The number of amides is 1. The molecular weight excluding hydrogens is 541 g/mol. The third-order valence-corrected chi connectivity index (χ3v) is 6.99. The van der Waals surface area contributed by atoms with Gasteiger partial charge in [-0.25, -0.2) is 9.36 Å². The predicted octanol–water partition coefficient (Wildman–Crippen LogP) is 5.43. The van der Waals surface area contributed by atoms with E-state index < -0.39 is 57.6 Å². The number of hydrogen-bond acceptors (Lipinski definition) is 8. The SMILES string of the molecule is CCC/C=C\CCCCCCCC(=O)OCC(O)COP(=O)(O)OCC(NC(=O)CCCCCCCC)C(=O)O. The summed E-state index contributed by atoms with van der Waals surface area (Å²) >= 11 is 0. The Kier molecular flexibility index (Phi) is 23.9. The summed E-state index contributed by atoms with van der Waals surface area (Å²) < 4.78 is 26.4. The van der Waals surface area contributed by atoms with E-state index in [0.717, 1.165) is 77.0 Å². The Morgan fingerprint density at radius 3 is 2.00 bits per heavy atom. The van der Waals surface area contributed by atoms with Gasteiger partial charge in [-0.05, 0) is 32.1 Å². The van der Waals surface area contributed by atoms with E-state index in [-0.39, 0.29) is 12.8 Å². The van der Waals surface area contributed by atoms with Gasteiger partial charge in [0.2, 0.25) is 5.91 Å². The predicted molar refractivity (Wildman–Crippen MR) is 153 cm³/mol. The quantitative estimate of drug-likeness (QED) is 0.0417. The number of carboxylic acids is 1. The van der Waals surface area contributed by atoms with E-state index in [9.17, 15) is 34.1 Å². The van der Waals surface area contributed by atoms with Gasteiger partial charge in [-0.3, -0.25) is 18.6 Å². The number of rotatable bonds is 27. The number of phosphoric ester groups is 1. The molecule has 11 nitrogen and oxygen atoms in total. The van der Waals surface area contributed by atoms with E-state index in [1.807, 2.05) is 0 Å². The highest BCUT2D eigenvalue weighted by Gasteiger charge is 2.28. The fourth-order valence-corrected chi connectivity index (χ4v) is 4.44.